The van der Waals surface area contributed by atoms with Crippen molar-refractivity contribution < 1.29 is 4.74 Å². The van der Waals surface area contributed by atoms with Crippen molar-refractivity contribution in [3.8, 4) is 0 Å². The molecule has 0 saturated carbocycles. The molecule has 0 unspecified atom stereocenters. The highest BCUT2D eigenvalue weighted by molar-refractivity contribution is 8.04. The van der Waals surface area contributed by atoms with Crippen molar-refractivity contribution >= 4 is 23.4 Å². The van der Waals surface area contributed by atoms with Crippen molar-refractivity contribution in [2.45, 2.75) is 0 Å². The molecule has 0 N–H and O–H groups in total. The van der Waals surface area contributed by atoms with Gasteiger partial charge in [0.2, 0.25) is 5.88 Å². The molecular weight excluding hydrogens is 158 g/mol. The van der Waals surface area contributed by atoms with Gasteiger partial charge in [-0.05, 0) is 0 Å². The first kappa shape index (κ1) is 7.09. The number of methoxy groups -OCH3 is 1. The molecule has 2 nitrogen and oxygen atoms in total. The molecular formula is C5H8ClNOS. The highest BCUT2D eigenvalue weighted by atomic mass is 35.5. The normalized spacial score (nSPS) is 19.2. The molecule has 9 heavy (non-hydrogen) atoms. The van der Waals surface area contributed by atoms with E-state index in [1.165, 1.54) is 0 Å². The quantitative estimate of drug-likeness (QED) is 0.586. The highest BCUT2D eigenvalue weighted by Gasteiger charge is 2.18. The molecule has 0 amide bonds. The van der Waals surface area contributed by atoms with Crippen molar-refractivity contribution in [1.29, 1.82) is 0 Å². The van der Waals surface area contributed by atoms with Crippen LogP contribution in [-0.2, 0) is 4.74 Å². The van der Waals surface area contributed by atoms with Crippen LogP contribution in [0.2, 0.25) is 0 Å². The first-order valence-corrected chi connectivity index (χ1v) is 3.89. The molecule has 0 saturated heterocycles. The maximum atomic E-state index is 5.75. The molecule has 52 valence electrons. The molecule has 0 aromatic heterocycles. The lowest BCUT2D eigenvalue weighted by atomic mass is 10.8. The van der Waals surface area contributed by atoms with Crippen LogP contribution in [0.15, 0.2) is 10.2 Å². The lowest BCUT2D eigenvalue weighted by Gasteiger charge is -2.11. The number of thioether (sulfide) groups is 1. The molecule has 1 heterocycles. The molecule has 0 radical (unpaired) electrons. The van der Waals surface area contributed by atoms with Gasteiger partial charge in [-0.1, -0.05) is 23.4 Å². The molecule has 0 spiro atoms. The van der Waals surface area contributed by atoms with Crippen molar-refractivity contribution in [3.63, 3.8) is 0 Å². The second kappa shape index (κ2) is 2.71. The van der Waals surface area contributed by atoms with Gasteiger partial charge in [-0.15, -0.1) is 0 Å². The first-order chi connectivity index (χ1) is 4.25. The Bertz CT molecular complexity index is 148. The molecule has 1 aliphatic rings. The second-order valence-corrected chi connectivity index (χ2v) is 3.31. The molecule has 1 rings (SSSR count). The fourth-order valence-electron chi connectivity index (χ4n) is 0.660. The standard InChI is InChI=1S/C5H8ClNOS/c1-7-3-9-4(6)5(7)8-2/h3H2,1-2H3. The van der Waals surface area contributed by atoms with E-state index in [1.807, 2.05) is 11.9 Å². The summed E-state index contributed by atoms with van der Waals surface area (Å²) in [7, 11) is 3.57. The predicted octanol–water partition coefficient (Wildman–Crippen LogP) is 1.63. The van der Waals surface area contributed by atoms with E-state index in [0.29, 0.717) is 0 Å². The Morgan fingerprint density at radius 1 is 1.78 bits per heavy atom. The van der Waals surface area contributed by atoms with Gasteiger partial charge in [0, 0.05) is 7.05 Å². The zero-order valence-electron chi connectivity index (χ0n) is 5.35. The first-order valence-electron chi connectivity index (χ1n) is 2.53. The Morgan fingerprint density at radius 2 is 2.44 bits per heavy atom. The Balaban J connectivity index is 2.69. The highest BCUT2D eigenvalue weighted by Crippen LogP contribution is 2.33. The van der Waals surface area contributed by atoms with Crippen LogP contribution >= 0.6 is 23.4 Å². The lowest BCUT2D eigenvalue weighted by molar-refractivity contribution is 0.194. The fourth-order valence-corrected chi connectivity index (χ4v) is 1.81. The van der Waals surface area contributed by atoms with E-state index in [-0.39, 0.29) is 0 Å². The van der Waals surface area contributed by atoms with Gasteiger partial charge in [0.15, 0.2) is 0 Å². The summed E-state index contributed by atoms with van der Waals surface area (Å²) in [4.78, 5) is 1.97. The zero-order chi connectivity index (χ0) is 6.85. The summed E-state index contributed by atoms with van der Waals surface area (Å²) in [5.74, 6) is 1.67. The maximum absolute atomic E-state index is 5.75. The van der Waals surface area contributed by atoms with E-state index in [9.17, 15) is 0 Å². The molecule has 1 aliphatic heterocycles. The minimum Gasteiger partial charge on any atom is -0.481 e. The van der Waals surface area contributed by atoms with Gasteiger partial charge in [0.05, 0.1) is 13.0 Å². The van der Waals surface area contributed by atoms with Gasteiger partial charge < -0.3 is 9.64 Å². The topological polar surface area (TPSA) is 12.5 Å². The number of rotatable bonds is 1. The van der Waals surface area contributed by atoms with Crippen LogP contribution in [-0.4, -0.2) is 24.9 Å². The van der Waals surface area contributed by atoms with E-state index < -0.39 is 0 Å². The third-order valence-corrected chi connectivity index (χ3v) is 2.53. The van der Waals surface area contributed by atoms with Crippen LogP contribution in [0.5, 0.6) is 0 Å². The summed E-state index contributed by atoms with van der Waals surface area (Å²) in [5.41, 5.74) is 0. The van der Waals surface area contributed by atoms with Crippen LogP contribution in [0.3, 0.4) is 0 Å². The van der Waals surface area contributed by atoms with E-state index in [2.05, 4.69) is 0 Å². The van der Waals surface area contributed by atoms with Crippen LogP contribution in [0.1, 0.15) is 0 Å². The van der Waals surface area contributed by atoms with Gasteiger partial charge in [0.25, 0.3) is 0 Å². The van der Waals surface area contributed by atoms with Crippen LogP contribution < -0.4 is 0 Å². The minimum atomic E-state index is 0.750. The second-order valence-electron chi connectivity index (χ2n) is 1.75. The van der Waals surface area contributed by atoms with Gasteiger partial charge >= 0.3 is 0 Å². The Hall–Kier alpha value is -0.0200. The monoisotopic (exact) mass is 165 g/mol. The van der Waals surface area contributed by atoms with Crippen LogP contribution in [0, 0.1) is 0 Å². The molecule has 0 aromatic rings. The molecule has 0 bridgehead atoms. The van der Waals surface area contributed by atoms with Crippen molar-refractivity contribution in [2.24, 2.45) is 0 Å². The number of halogens is 1. The Morgan fingerprint density at radius 3 is 2.67 bits per heavy atom. The summed E-state index contributed by atoms with van der Waals surface area (Å²) < 4.78 is 5.74. The Kier molecular flexibility index (Phi) is 2.13. The average Bonchev–Trinajstić information content (AvgIpc) is 2.12. The van der Waals surface area contributed by atoms with E-state index in [4.69, 9.17) is 16.3 Å². The summed E-state index contributed by atoms with van der Waals surface area (Å²) in [6, 6.07) is 0. The molecule has 0 fully saturated rings. The lowest BCUT2D eigenvalue weighted by Crippen LogP contribution is -2.13. The molecule has 0 atom stereocenters. The molecule has 4 heteroatoms. The third-order valence-electron chi connectivity index (χ3n) is 1.09. The SMILES string of the molecule is COC1=C(Cl)SCN1C. The Labute approximate surface area is 63.8 Å². The van der Waals surface area contributed by atoms with Crippen molar-refractivity contribution in [3.05, 3.63) is 10.2 Å². The summed E-state index contributed by atoms with van der Waals surface area (Å²) in [6.07, 6.45) is 0. The van der Waals surface area contributed by atoms with E-state index >= 15 is 0 Å². The number of hydrogen-bond donors (Lipinski definition) is 0. The van der Waals surface area contributed by atoms with Gasteiger partial charge in [-0.25, -0.2) is 0 Å². The summed E-state index contributed by atoms with van der Waals surface area (Å²) in [5, 5.41) is 0. The number of ether oxygens (including phenoxy) is 1. The fraction of sp³-hybridized carbons (Fsp3) is 0.600. The largest absolute Gasteiger partial charge is 0.481 e. The number of hydrogen-bond acceptors (Lipinski definition) is 3. The average molecular weight is 166 g/mol. The zero-order valence-corrected chi connectivity index (χ0v) is 6.92. The van der Waals surface area contributed by atoms with Crippen LogP contribution in [0.4, 0.5) is 0 Å². The molecule has 0 aliphatic carbocycles. The maximum Gasteiger partial charge on any atom is 0.215 e. The summed E-state index contributed by atoms with van der Waals surface area (Å²) >= 11 is 7.33. The predicted molar refractivity (Wildman–Crippen MR) is 40.1 cm³/mol. The van der Waals surface area contributed by atoms with Gasteiger partial charge in [-0.2, -0.15) is 0 Å². The summed E-state index contributed by atoms with van der Waals surface area (Å²) in [6.45, 7) is 0. The van der Waals surface area contributed by atoms with E-state index in [1.54, 1.807) is 18.9 Å². The molecule has 0 aromatic carbocycles. The van der Waals surface area contributed by atoms with Crippen molar-refractivity contribution in [2.75, 3.05) is 20.0 Å². The minimum absolute atomic E-state index is 0.750. The number of nitrogens with zero attached hydrogens (tertiary/aromatic N) is 1. The van der Waals surface area contributed by atoms with Crippen LogP contribution in [0.25, 0.3) is 0 Å². The van der Waals surface area contributed by atoms with Gasteiger partial charge in [-0.3, -0.25) is 0 Å². The smallest absolute Gasteiger partial charge is 0.215 e. The van der Waals surface area contributed by atoms with Gasteiger partial charge in [0.1, 0.15) is 4.36 Å². The van der Waals surface area contributed by atoms with Crippen molar-refractivity contribution in [1.82, 2.24) is 4.90 Å². The third kappa shape index (κ3) is 1.27. The van der Waals surface area contributed by atoms with E-state index in [0.717, 1.165) is 16.1 Å².